The highest BCUT2D eigenvalue weighted by Crippen LogP contribution is 2.20. The summed E-state index contributed by atoms with van der Waals surface area (Å²) in [6.45, 7) is 3.11. The molecule has 3 rings (SSSR count). The molecule has 146 valence electrons. The zero-order chi connectivity index (χ0) is 18.2. The maximum absolute atomic E-state index is 6.09. The van der Waals surface area contributed by atoms with Gasteiger partial charge < -0.3 is 20.7 Å². The Balaban J connectivity index is 0.00000261. The van der Waals surface area contributed by atoms with Crippen LogP contribution in [0.4, 0.5) is 11.6 Å². The molecule has 7 nitrogen and oxygen atoms in total. The molecule has 1 atom stereocenters. The largest absolute Gasteiger partial charge is 0.380 e. The number of aliphatic imine (C=N–C) groups is 1. The number of methoxy groups -OCH3 is 1. The van der Waals surface area contributed by atoms with E-state index in [1.54, 1.807) is 19.5 Å². The highest BCUT2D eigenvalue weighted by atomic mass is 127. The van der Waals surface area contributed by atoms with Gasteiger partial charge in [0.15, 0.2) is 5.96 Å². The molecule has 8 heteroatoms. The van der Waals surface area contributed by atoms with E-state index in [-0.39, 0.29) is 24.0 Å². The number of benzene rings is 1. The van der Waals surface area contributed by atoms with Crippen LogP contribution in [0.3, 0.4) is 0 Å². The van der Waals surface area contributed by atoms with Gasteiger partial charge in [0, 0.05) is 50.4 Å². The normalized spacial score (nSPS) is 17.3. The number of halogens is 1. The summed E-state index contributed by atoms with van der Waals surface area (Å²) in [4.78, 5) is 15.5. The van der Waals surface area contributed by atoms with Gasteiger partial charge in [-0.2, -0.15) is 0 Å². The molecule has 1 fully saturated rings. The van der Waals surface area contributed by atoms with Crippen LogP contribution < -0.4 is 16.0 Å². The first-order chi connectivity index (χ1) is 12.8. The number of anilines is 2. The van der Waals surface area contributed by atoms with Crippen LogP contribution in [0.25, 0.3) is 0 Å². The molecule has 0 bridgehead atoms. The molecule has 0 amide bonds. The van der Waals surface area contributed by atoms with Gasteiger partial charge in [-0.15, -0.1) is 24.0 Å². The predicted molar refractivity (Wildman–Crippen MR) is 120 cm³/mol. The maximum Gasteiger partial charge on any atom is 0.225 e. The van der Waals surface area contributed by atoms with E-state index >= 15 is 0 Å². The molecule has 1 aromatic heterocycles. The van der Waals surface area contributed by atoms with Crippen molar-refractivity contribution in [1.29, 1.82) is 0 Å². The fourth-order valence-corrected chi connectivity index (χ4v) is 3.18. The molecule has 0 saturated carbocycles. The van der Waals surface area contributed by atoms with Gasteiger partial charge in [0.05, 0.1) is 6.61 Å². The van der Waals surface area contributed by atoms with E-state index < -0.39 is 0 Å². The molecule has 1 aliphatic heterocycles. The summed E-state index contributed by atoms with van der Waals surface area (Å²) in [6, 6.07) is 9.77. The van der Waals surface area contributed by atoms with Crippen LogP contribution in [0.1, 0.15) is 18.4 Å². The predicted octanol–water partition coefficient (Wildman–Crippen LogP) is 2.88. The van der Waals surface area contributed by atoms with E-state index in [1.807, 2.05) is 30.3 Å². The Morgan fingerprint density at radius 1 is 1.30 bits per heavy atom. The minimum absolute atomic E-state index is 0. The smallest absolute Gasteiger partial charge is 0.225 e. The van der Waals surface area contributed by atoms with Crippen molar-refractivity contribution in [2.75, 3.05) is 37.0 Å². The lowest BCUT2D eigenvalue weighted by Gasteiger charge is -2.31. The summed E-state index contributed by atoms with van der Waals surface area (Å²) in [7, 11) is 1.68. The van der Waals surface area contributed by atoms with E-state index in [4.69, 9.17) is 10.5 Å². The molecule has 1 saturated heterocycles. The van der Waals surface area contributed by atoms with Gasteiger partial charge in [0.1, 0.15) is 0 Å². The highest BCUT2D eigenvalue weighted by molar-refractivity contribution is 14.0. The van der Waals surface area contributed by atoms with Gasteiger partial charge in [-0.3, -0.25) is 4.99 Å². The number of hydrogen-bond acceptors (Lipinski definition) is 5. The van der Waals surface area contributed by atoms with Crippen molar-refractivity contribution in [2.24, 2.45) is 16.6 Å². The van der Waals surface area contributed by atoms with Gasteiger partial charge in [0.2, 0.25) is 5.95 Å². The van der Waals surface area contributed by atoms with E-state index in [1.165, 1.54) is 0 Å². The monoisotopic (exact) mass is 482 g/mol. The number of para-hydroxylation sites is 1. The molecular formula is C19H27IN6O. The Morgan fingerprint density at radius 3 is 2.85 bits per heavy atom. The summed E-state index contributed by atoms with van der Waals surface area (Å²) >= 11 is 0. The Kier molecular flexibility index (Phi) is 8.73. The quantitative estimate of drug-likeness (QED) is 0.374. The first-order valence-electron chi connectivity index (χ1n) is 8.92. The number of piperidine rings is 1. The van der Waals surface area contributed by atoms with Crippen LogP contribution >= 0.6 is 24.0 Å². The van der Waals surface area contributed by atoms with Gasteiger partial charge in [0.25, 0.3) is 0 Å². The number of hydrogen-bond donors (Lipinski definition) is 2. The Hall–Kier alpha value is -1.94. The average Bonchev–Trinajstić information content (AvgIpc) is 2.69. The summed E-state index contributed by atoms with van der Waals surface area (Å²) in [5.41, 5.74) is 8.08. The third-order valence-electron chi connectivity index (χ3n) is 4.45. The fourth-order valence-electron chi connectivity index (χ4n) is 3.18. The topological polar surface area (TPSA) is 88.7 Å². The minimum atomic E-state index is 0. The molecule has 3 N–H and O–H groups in total. The Morgan fingerprint density at radius 2 is 2.07 bits per heavy atom. The summed E-state index contributed by atoms with van der Waals surface area (Å²) in [5.74, 6) is 1.67. The van der Waals surface area contributed by atoms with Crippen LogP contribution in [-0.4, -0.2) is 42.7 Å². The first-order valence-corrected chi connectivity index (χ1v) is 8.92. The van der Waals surface area contributed by atoms with Crippen LogP contribution in [0.5, 0.6) is 0 Å². The lowest BCUT2D eigenvalue weighted by atomic mass is 9.98. The number of guanidine groups is 1. The SMILES string of the molecule is COCc1ccccc1NC(N)=NCC1CCCN(c2ncccn2)C1.I. The standard InChI is InChI=1S/C19H26N6O.HI/c1-26-14-16-7-2-3-8-17(16)24-18(20)23-12-15-6-4-11-25(13-15)19-21-9-5-10-22-19;/h2-3,5,7-10,15H,4,6,11-14H2,1H3,(H3,20,23,24);1H. The second kappa shape index (κ2) is 11.0. The van der Waals surface area contributed by atoms with Gasteiger partial charge in [-0.1, -0.05) is 18.2 Å². The molecular weight excluding hydrogens is 455 g/mol. The summed E-state index contributed by atoms with van der Waals surface area (Å²) in [6.07, 6.45) is 5.82. The zero-order valence-electron chi connectivity index (χ0n) is 15.5. The number of nitrogens with zero attached hydrogens (tertiary/aromatic N) is 4. The number of nitrogens with one attached hydrogen (secondary N) is 1. The molecule has 27 heavy (non-hydrogen) atoms. The van der Waals surface area contributed by atoms with Crippen LogP contribution in [0.2, 0.25) is 0 Å². The highest BCUT2D eigenvalue weighted by Gasteiger charge is 2.21. The lowest BCUT2D eigenvalue weighted by molar-refractivity contribution is 0.185. The van der Waals surface area contributed by atoms with E-state index in [9.17, 15) is 0 Å². The molecule has 0 aliphatic carbocycles. The molecule has 0 radical (unpaired) electrons. The molecule has 0 spiro atoms. The molecule has 1 unspecified atom stereocenters. The summed E-state index contributed by atoms with van der Waals surface area (Å²) < 4.78 is 5.22. The lowest BCUT2D eigenvalue weighted by Crippen LogP contribution is -2.38. The van der Waals surface area contributed by atoms with E-state index in [2.05, 4.69) is 25.2 Å². The summed E-state index contributed by atoms with van der Waals surface area (Å²) in [5, 5.41) is 3.19. The number of rotatable bonds is 6. The van der Waals surface area contributed by atoms with Gasteiger partial charge in [-0.05, 0) is 30.9 Å². The van der Waals surface area contributed by atoms with Crippen molar-refractivity contribution in [3.05, 3.63) is 48.3 Å². The fraction of sp³-hybridized carbons (Fsp3) is 0.421. The van der Waals surface area contributed by atoms with Crippen molar-refractivity contribution < 1.29 is 4.74 Å². The van der Waals surface area contributed by atoms with E-state index in [0.717, 1.165) is 43.1 Å². The molecule has 2 aromatic rings. The minimum Gasteiger partial charge on any atom is -0.380 e. The maximum atomic E-state index is 6.09. The number of nitrogens with two attached hydrogens (primary N) is 1. The second-order valence-electron chi connectivity index (χ2n) is 6.44. The Labute approximate surface area is 177 Å². The molecule has 1 aromatic carbocycles. The number of ether oxygens (including phenoxy) is 1. The van der Waals surface area contributed by atoms with Crippen molar-refractivity contribution >= 4 is 41.6 Å². The van der Waals surface area contributed by atoms with Gasteiger partial charge in [-0.25, -0.2) is 9.97 Å². The van der Waals surface area contributed by atoms with Crippen LogP contribution in [0.15, 0.2) is 47.7 Å². The van der Waals surface area contributed by atoms with Gasteiger partial charge >= 0.3 is 0 Å². The second-order valence-corrected chi connectivity index (χ2v) is 6.44. The van der Waals surface area contributed by atoms with Crippen molar-refractivity contribution in [1.82, 2.24) is 9.97 Å². The van der Waals surface area contributed by atoms with Crippen molar-refractivity contribution in [3.63, 3.8) is 0 Å². The molecule has 2 heterocycles. The van der Waals surface area contributed by atoms with Crippen molar-refractivity contribution in [3.8, 4) is 0 Å². The van der Waals surface area contributed by atoms with Crippen LogP contribution in [0, 0.1) is 5.92 Å². The number of aromatic nitrogens is 2. The molecule has 1 aliphatic rings. The van der Waals surface area contributed by atoms with Crippen molar-refractivity contribution in [2.45, 2.75) is 19.4 Å². The first kappa shape index (κ1) is 21.4. The third kappa shape index (κ3) is 6.31. The zero-order valence-corrected chi connectivity index (χ0v) is 17.9. The van der Waals surface area contributed by atoms with Crippen LogP contribution in [-0.2, 0) is 11.3 Å². The Bertz CT molecular complexity index is 727. The van der Waals surface area contributed by atoms with E-state index in [0.29, 0.717) is 25.0 Å². The third-order valence-corrected chi connectivity index (χ3v) is 4.45. The average molecular weight is 482 g/mol.